The molecule has 1 saturated heterocycles. The van der Waals surface area contributed by atoms with Crippen LogP contribution in [0.3, 0.4) is 0 Å². The largest absolute Gasteiger partial charge is 0.335 e. The second-order valence-electron chi connectivity index (χ2n) is 6.85. The van der Waals surface area contributed by atoms with Crippen molar-refractivity contribution in [2.45, 2.75) is 0 Å². The summed E-state index contributed by atoms with van der Waals surface area (Å²) in [5.74, 6) is -0.171. The predicted molar refractivity (Wildman–Crippen MR) is 114 cm³/mol. The monoisotopic (exact) mass is 427 g/mol. The van der Waals surface area contributed by atoms with Gasteiger partial charge in [-0.25, -0.2) is 0 Å². The van der Waals surface area contributed by atoms with E-state index in [1.54, 1.807) is 28.0 Å². The highest BCUT2D eigenvalue weighted by Crippen LogP contribution is 2.23. The molecule has 0 spiro atoms. The maximum atomic E-state index is 12.8. The molecule has 2 amide bonds. The van der Waals surface area contributed by atoms with E-state index >= 15 is 0 Å². The summed E-state index contributed by atoms with van der Waals surface area (Å²) in [5.41, 5.74) is 2.07. The van der Waals surface area contributed by atoms with Crippen molar-refractivity contribution in [1.82, 2.24) is 14.4 Å². The van der Waals surface area contributed by atoms with Gasteiger partial charge in [0.05, 0.1) is 10.6 Å². The van der Waals surface area contributed by atoms with Crippen molar-refractivity contribution in [3.63, 3.8) is 0 Å². The second kappa shape index (κ2) is 8.31. The topological polar surface area (TPSA) is 45.6 Å². The van der Waals surface area contributed by atoms with Gasteiger partial charge >= 0.3 is 0 Å². The first-order chi connectivity index (χ1) is 14.0. The Morgan fingerprint density at radius 3 is 1.93 bits per heavy atom. The average Bonchev–Trinajstić information content (AvgIpc) is 3.28. The minimum Gasteiger partial charge on any atom is -0.335 e. The molecule has 0 bridgehead atoms. The Labute approximate surface area is 179 Å². The molecule has 0 unspecified atom stereocenters. The van der Waals surface area contributed by atoms with E-state index in [0.717, 1.165) is 5.69 Å². The molecule has 0 N–H and O–H groups in total. The number of piperazine rings is 1. The number of halogens is 2. The molecule has 29 heavy (non-hydrogen) atoms. The lowest BCUT2D eigenvalue weighted by atomic mass is 10.1. The number of carbonyl (C=O) groups is 2. The number of benzene rings is 2. The summed E-state index contributed by atoms with van der Waals surface area (Å²) in [7, 11) is 0. The van der Waals surface area contributed by atoms with E-state index in [1.165, 1.54) is 0 Å². The first-order valence-corrected chi connectivity index (χ1v) is 10.1. The Hall–Kier alpha value is -2.76. The van der Waals surface area contributed by atoms with Gasteiger partial charge in [0.2, 0.25) is 0 Å². The predicted octanol–water partition coefficient (Wildman–Crippen LogP) is 4.38. The minimum absolute atomic E-state index is 0.0271. The van der Waals surface area contributed by atoms with Crippen LogP contribution in [0, 0.1) is 0 Å². The van der Waals surface area contributed by atoms with Crippen molar-refractivity contribution in [2.24, 2.45) is 0 Å². The van der Waals surface area contributed by atoms with Crippen LogP contribution in [0.15, 0.2) is 67.0 Å². The summed E-state index contributed by atoms with van der Waals surface area (Å²) in [6.45, 7) is 1.89. The first kappa shape index (κ1) is 19.6. The molecule has 4 rings (SSSR count). The van der Waals surface area contributed by atoms with Crippen LogP contribution in [-0.2, 0) is 0 Å². The maximum absolute atomic E-state index is 12.8. The quantitative estimate of drug-likeness (QED) is 0.622. The van der Waals surface area contributed by atoms with E-state index in [9.17, 15) is 9.59 Å². The molecule has 1 fully saturated rings. The number of rotatable bonds is 3. The molecule has 0 atom stereocenters. The summed E-state index contributed by atoms with van der Waals surface area (Å²) in [6, 6.07) is 16.3. The van der Waals surface area contributed by atoms with Crippen molar-refractivity contribution in [3.05, 3.63) is 88.2 Å². The van der Waals surface area contributed by atoms with E-state index < -0.39 is 0 Å². The molecule has 1 aliphatic rings. The zero-order valence-electron chi connectivity index (χ0n) is 15.6. The Bertz CT molecular complexity index is 1020. The third-order valence-electron chi connectivity index (χ3n) is 5.03. The summed E-state index contributed by atoms with van der Waals surface area (Å²) in [4.78, 5) is 29.0. The summed E-state index contributed by atoms with van der Waals surface area (Å²) in [6.07, 6.45) is 3.92. The van der Waals surface area contributed by atoms with Crippen LogP contribution in [0.25, 0.3) is 5.69 Å². The van der Waals surface area contributed by atoms with Crippen LogP contribution in [0.2, 0.25) is 10.0 Å². The highest BCUT2D eigenvalue weighted by Gasteiger charge is 2.26. The van der Waals surface area contributed by atoms with Gasteiger partial charge in [0.25, 0.3) is 11.8 Å². The molecule has 7 heteroatoms. The van der Waals surface area contributed by atoms with Crippen molar-refractivity contribution in [2.75, 3.05) is 26.2 Å². The van der Waals surface area contributed by atoms with E-state index in [2.05, 4.69) is 0 Å². The van der Waals surface area contributed by atoms with Crippen LogP contribution in [0.1, 0.15) is 20.7 Å². The Morgan fingerprint density at radius 2 is 1.34 bits per heavy atom. The Balaban J connectivity index is 1.39. The molecule has 1 aliphatic heterocycles. The van der Waals surface area contributed by atoms with Gasteiger partial charge in [-0.1, -0.05) is 23.2 Å². The third-order valence-corrected chi connectivity index (χ3v) is 5.58. The van der Waals surface area contributed by atoms with E-state index in [0.29, 0.717) is 47.4 Å². The standard InChI is InChI=1S/C22H19Cl2N3O2/c23-17-5-8-19(20(24)15-17)22(29)27-13-11-26(12-14-27)21(28)16-3-6-18(7-4-16)25-9-1-2-10-25/h1-10,15H,11-14H2. The smallest absolute Gasteiger partial charge is 0.255 e. The van der Waals surface area contributed by atoms with Crippen LogP contribution in [-0.4, -0.2) is 52.4 Å². The zero-order chi connectivity index (χ0) is 20.4. The SMILES string of the molecule is O=C(c1ccc(-n2cccc2)cc1)N1CCN(C(=O)c2ccc(Cl)cc2Cl)CC1. The molecular formula is C22H19Cl2N3O2. The molecule has 3 aromatic rings. The first-order valence-electron chi connectivity index (χ1n) is 9.30. The number of hydrogen-bond acceptors (Lipinski definition) is 2. The van der Waals surface area contributed by atoms with Crippen LogP contribution >= 0.6 is 23.2 Å². The Kier molecular flexibility index (Phi) is 5.60. The van der Waals surface area contributed by atoms with Crippen LogP contribution in [0.5, 0.6) is 0 Å². The summed E-state index contributed by atoms with van der Waals surface area (Å²) >= 11 is 12.1. The van der Waals surface area contributed by atoms with Gasteiger partial charge < -0.3 is 14.4 Å². The Morgan fingerprint density at radius 1 is 0.759 bits per heavy atom. The van der Waals surface area contributed by atoms with Crippen LogP contribution < -0.4 is 0 Å². The lowest BCUT2D eigenvalue weighted by Crippen LogP contribution is -2.50. The van der Waals surface area contributed by atoms with Gasteiger partial charge in [0.15, 0.2) is 0 Å². The maximum Gasteiger partial charge on any atom is 0.255 e. The highest BCUT2D eigenvalue weighted by molar-refractivity contribution is 6.36. The van der Waals surface area contributed by atoms with Gasteiger partial charge in [-0.3, -0.25) is 9.59 Å². The fourth-order valence-electron chi connectivity index (χ4n) is 3.41. The fourth-order valence-corrected chi connectivity index (χ4v) is 3.90. The molecule has 2 aromatic carbocycles. The van der Waals surface area contributed by atoms with Crippen molar-refractivity contribution in [1.29, 1.82) is 0 Å². The number of nitrogens with zero attached hydrogens (tertiary/aromatic N) is 3. The zero-order valence-corrected chi connectivity index (χ0v) is 17.1. The molecule has 5 nitrogen and oxygen atoms in total. The van der Waals surface area contributed by atoms with Gasteiger partial charge in [-0.05, 0) is 54.6 Å². The van der Waals surface area contributed by atoms with Gasteiger partial charge in [0, 0.05) is 54.8 Å². The van der Waals surface area contributed by atoms with Gasteiger partial charge in [-0.2, -0.15) is 0 Å². The molecule has 0 saturated carbocycles. The van der Waals surface area contributed by atoms with E-state index in [1.807, 2.05) is 53.4 Å². The van der Waals surface area contributed by atoms with Gasteiger partial charge in [-0.15, -0.1) is 0 Å². The lowest BCUT2D eigenvalue weighted by molar-refractivity contribution is 0.0535. The second-order valence-corrected chi connectivity index (χ2v) is 7.69. The van der Waals surface area contributed by atoms with Crippen molar-refractivity contribution >= 4 is 35.0 Å². The lowest BCUT2D eigenvalue weighted by Gasteiger charge is -2.35. The fraction of sp³-hybridized carbons (Fsp3) is 0.182. The highest BCUT2D eigenvalue weighted by atomic mass is 35.5. The molecular weight excluding hydrogens is 409 g/mol. The van der Waals surface area contributed by atoms with Crippen LogP contribution in [0.4, 0.5) is 0 Å². The number of aromatic nitrogens is 1. The minimum atomic E-state index is -0.144. The van der Waals surface area contributed by atoms with E-state index in [-0.39, 0.29) is 11.8 Å². The van der Waals surface area contributed by atoms with E-state index in [4.69, 9.17) is 23.2 Å². The average molecular weight is 428 g/mol. The van der Waals surface area contributed by atoms with Crippen molar-refractivity contribution < 1.29 is 9.59 Å². The van der Waals surface area contributed by atoms with Crippen molar-refractivity contribution in [3.8, 4) is 5.69 Å². The van der Waals surface area contributed by atoms with Gasteiger partial charge in [0.1, 0.15) is 0 Å². The molecule has 148 valence electrons. The summed E-state index contributed by atoms with van der Waals surface area (Å²) in [5, 5.41) is 0.827. The molecule has 2 heterocycles. The summed E-state index contributed by atoms with van der Waals surface area (Å²) < 4.78 is 1.99. The molecule has 1 aromatic heterocycles. The third kappa shape index (κ3) is 4.16. The molecule has 0 radical (unpaired) electrons. The number of carbonyl (C=O) groups excluding carboxylic acids is 2. The normalized spacial score (nSPS) is 14.1. The number of amides is 2. The number of hydrogen-bond donors (Lipinski definition) is 0. The molecule has 0 aliphatic carbocycles.